The second kappa shape index (κ2) is 6.98. The van der Waals surface area contributed by atoms with Gasteiger partial charge in [0.05, 0.1) is 5.69 Å². The minimum absolute atomic E-state index is 0.111. The Morgan fingerprint density at radius 2 is 1.69 bits per heavy atom. The molecule has 1 atom stereocenters. The zero-order chi connectivity index (χ0) is 18.1. The largest absolute Gasteiger partial charge is 0.347 e. The first-order valence-electron chi connectivity index (χ1n) is 9.05. The lowest BCUT2D eigenvalue weighted by Crippen LogP contribution is -2.47. The van der Waals surface area contributed by atoms with E-state index < -0.39 is 10.2 Å². The Morgan fingerprint density at radius 3 is 2.42 bits per heavy atom. The van der Waals surface area contributed by atoms with E-state index in [1.54, 1.807) is 13.2 Å². The van der Waals surface area contributed by atoms with Crippen molar-refractivity contribution in [1.82, 2.24) is 23.4 Å². The molecule has 1 aromatic heterocycles. The summed E-state index contributed by atoms with van der Waals surface area (Å²) in [5.41, 5.74) is 0.437. The van der Waals surface area contributed by atoms with E-state index in [0.717, 1.165) is 31.4 Å². The van der Waals surface area contributed by atoms with Gasteiger partial charge in [0.2, 0.25) is 0 Å². The van der Waals surface area contributed by atoms with Gasteiger partial charge in [-0.3, -0.25) is 0 Å². The van der Waals surface area contributed by atoms with Gasteiger partial charge in [-0.05, 0) is 37.8 Å². The molecule has 0 aliphatic carbocycles. The van der Waals surface area contributed by atoms with Crippen molar-refractivity contribution >= 4 is 10.2 Å². The van der Waals surface area contributed by atoms with Crippen LogP contribution >= 0.6 is 0 Å². The lowest BCUT2D eigenvalue weighted by molar-refractivity contribution is 0.286. The van der Waals surface area contributed by atoms with Crippen molar-refractivity contribution in [3.63, 3.8) is 0 Å². The second-order valence-electron chi connectivity index (χ2n) is 6.87. The quantitative estimate of drug-likeness (QED) is 0.863. The monoisotopic (exact) mass is 377 g/mol. The summed E-state index contributed by atoms with van der Waals surface area (Å²) in [5, 5.41) is 6.74. The molecular formula is C17H23N5O3S. The SMILES string of the molecule is O=c1[nH]nc(C2CCCN(S(=O)(=O)N3CCCC3)C2)n1-c1ccccc1. The lowest BCUT2D eigenvalue weighted by atomic mass is 9.98. The molecule has 9 heteroatoms. The maximum Gasteiger partial charge on any atom is 0.347 e. The molecule has 8 nitrogen and oxygen atoms in total. The van der Waals surface area contributed by atoms with E-state index in [1.807, 2.05) is 30.3 Å². The van der Waals surface area contributed by atoms with Crippen LogP contribution in [0.25, 0.3) is 5.69 Å². The Bertz CT molecular complexity index is 915. The standard InChI is InChI=1S/C17H23N5O3S/c23-17-19-18-16(22(17)15-8-2-1-3-9-15)14-7-6-12-21(13-14)26(24,25)20-10-4-5-11-20/h1-3,8-9,14H,4-7,10-13H2,(H,19,23). The number of piperidine rings is 1. The molecule has 1 N–H and O–H groups in total. The molecule has 2 aliphatic heterocycles. The van der Waals surface area contributed by atoms with Crippen LogP contribution in [0.1, 0.15) is 37.4 Å². The number of hydrogen-bond acceptors (Lipinski definition) is 4. The first-order valence-corrected chi connectivity index (χ1v) is 10.4. The minimum atomic E-state index is -3.43. The smallest absolute Gasteiger partial charge is 0.247 e. The normalized spacial score (nSPS) is 22.7. The molecule has 140 valence electrons. The second-order valence-corrected chi connectivity index (χ2v) is 8.80. The first kappa shape index (κ1) is 17.4. The van der Waals surface area contributed by atoms with Gasteiger partial charge in [0, 0.05) is 32.1 Å². The van der Waals surface area contributed by atoms with Crippen LogP contribution in [-0.2, 0) is 10.2 Å². The molecule has 2 saturated heterocycles. The molecule has 0 bridgehead atoms. The Kier molecular flexibility index (Phi) is 4.68. The minimum Gasteiger partial charge on any atom is -0.247 e. The maximum absolute atomic E-state index is 12.9. The number of nitrogens with one attached hydrogen (secondary N) is 1. The summed E-state index contributed by atoms with van der Waals surface area (Å²) in [5.74, 6) is 0.489. The van der Waals surface area contributed by atoms with Gasteiger partial charge in [-0.15, -0.1) is 0 Å². The van der Waals surface area contributed by atoms with Crippen molar-refractivity contribution in [1.29, 1.82) is 0 Å². The highest BCUT2D eigenvalue weighted by atomic mass is 32.2. The van der Waals surface area contributed by atoms with Crippen LogP contribution in [0.3, 0.4) is 0 Å². The molecule has 1 unspecified atom stereocenters. The predicted octanol–water partition coefficient (Wildman–Crippen LogP) is 1.08. The van der Waals surface area contributed by atoms with E-state index in [-0.39, 0.29) is 11.6 Å². The molecule has 26 heavy (non-hydrogen) atoms. The number of benzene rings is 1. The molecule has 2 aliphatic rings. The number of rotatable bonds is 4. The fourth-order valence-electron chi connectivity index (χ4n) is 3.85. The number of nitrogens with zero attached hydrogens (tertiary/aromatic N) is 4. The van der Waals surface area contributed by atoms with E-state index in [2.05, 4.69) is 10.2 Å². The fourth-order valence-corrected chi connectivity index (χ4v) is 5.63. The van der Waals surface area contributed by atoms with Crippen molar-refractivity contribution in [2.75, 3.05) is 26.2 Å². The third kappa shape index (κ3) is 3.10. The summed E-state index contributed by atoms with van der Waals surface area (Å²) in [7, 11) is -3.43. The highest BCUT2D eigenvalue weighted by Crippen LogP contribution is 2.29. The van der Waals surface area contributed by atoms with Gasteiger partial charge in [0.25, 0.3) is 10.2 Å². The van der Waals surface area contributed by atoms with Gasteiger partial charge >= 0.3 is 5.69 Å². The topological polar surface area (TPSA) is 91.3 Å². The van der Waals surface area contributed by atoms with Crippen molar-refractivity contribution < 1.29 is 8.42 Å². The van der Waals surface area contributed by atoms with Gasteiger partial charge < -0.3 is 0 Å². The van der Waals surface area contributed by atoms with Crippen molar-refractivity contribution in [3.05, 3.63) is 46.6 Å². The third-order valence-electron chi connectivity index (χ3n) is 5.18. The van der Waals surface area contributed by atoms with Gasteiger partial charge in [-0.1, -0.05) is 18.2 Å². The summed E-state index contributed by atoms with van der Waals surface area (Å²) in [6.07, 6.45) is 3.41. The van der Waals surface area contributed by atoms with Crippen LogP contribution in [0.2, 0.25) is 0 Å². The number of aromatic amines is 1. The lowest BCUT2D eigenvalue weighted by Gasteiger charge is -2.33. The van der Waals surface area contributed by atoms with Crippen LogP contribution < -0.4 is 5.69 Å². The average molecular weight is 377 g/mol. The van der Waals surface area contributed by atoms with Crippen LogP contribution in [0, 0.1) is 0 Å². The Balaban J connectivity index is 1.62. The number of para-hydroxylation sites is 1. The molecule has 0 saturated carbocycles. The highest BCUT2D eigenvalue weighted by Gasteiger charge is 2.36. The van der Waals surface area contributed by atoms with Crippen LogP contribution in [0.5, 0.6) is 0 Å². The molecular weight excluding hydrogens is 354 g/mol. The summed E-state index contributed by atoms with van der Waals surface area (Å²) < 4.78 is 30.4. The van der Waals surface area contributed by atoms with Gasteiger partial charge in [0.15, 0.2) is 0 Å². The van der Waals surface area contributed by atoms with Crippen LogP contribution in [-0.4, -0.2) is 58.0 Å². The van der Waals surface area contributed by atoms with Crippen molar-refractivity contribution in [3.8, 4) is 5.69 Å². The summed E-state index contributed by atoms with van der Waals surface area (Å²) in [6, 6.07) is 9.32. The third-order valence-corrected chi connectivity index (χ3v) is 7.18. The number of aromatic nitrogens is 3. The van der Waals surface area contributed by atoms with Crippen molar-refractivity contribution in [2.45, 2.75) is 31.6 Å². The highest BCUT2D eigenvalue weighted by molar-refractivity contribution is 7.86. The predicted molar refractivity (Wildman–Crippen MR) is 97.5 cm³/mol. The number of H-pyrrole nitrogens is 1. The molecule has 0 amide bonds. The molecule has 2 fully saturated rings. The van der Waals surface area contributed by atoms with E-state index in [4.69, 9.17) is 0 Å². The van der Waals surface area contributed by atoms with E-state index in [0.29, 0.717) is 32.0 Å². The summed E-state index contributed by atoms with van der Waals surface area (Å²) >= 11 is 0. The average Bonchev–Trinajstić information content (AvgIpc) is 3.33. The molecule has 0 radical (unpaired) electrons. The van der Waals surface area contributed by atoms with Crippen LogP contribution in [0.4, 0.5) is 0 Å². The Morgan fingerprint density at radius 1 is 1.00 bits per heavy atom. The first-order chi connectivity index (χ1) is 12.6. The summed E-state index contributed by atoms with van der Waals surface area (Å²) in [6.45, 7) is 2.08. The molecule has 3 heterocycles. The Labute approximate surface area is 152 Å². The van der Waals surface area contributed by atoms with Crippen molar-refractivity contribution in [2.24, 2.45) is 0 Å². The molecule has 4 rings (SSSR count). The molecule has 2 aromatic rings. The molecule has 0 spiro atoms. The van der Waals surface area contributed by atoms with E-state index >= 15 is 0 Å². The zero-order valence-electron chi connectivity index (χ0n) is 14.5. The summed E-state index contributed by atoms with van der Waals surface area (Å²) in [4.78, 5) is 12.3. The fraction of sp³-hybridized carbons (Fsp3) is 0.529. The van der Waals surface area contributed by atoms with Gasteiger partial charge in [-0.2, -0.15) is 22.1 Å². The number of hydrogen-bond donors (Lipinski definition) is 1. The van der Waals surface area contributed by atoms with Gasteiger partial charge in [-0.25, -0.2) is 14.5 Å². The van der Waals surface area contributed by atoms with Crippen LogP contribution in [0.15, 0.2) is 35.1 Å². The van der Waals surface area contributed by atoms with E-state index in [9.17, 15) is 13.2 Å². The molecule has 1 aromatic carbocycles. The maximum atomic E-state index is 12.9. The Hall–Kier alpha value is -1.97. The van der Waals surface area contributed by atoms with Gasteiger partial charge in [0.1, 0.15) is 5.82 Å². The zero-order valence-corrected chi connectivity index (χ0v) is 15.4. The van der Waals surface area contributed by atoms with E-state index in [1.165, 1.54) is 0 Å².